The molecule has 2 N–H and O–H groups in total. The van der Waals surface area contributed by atoms with E-state index >= 15 is 0 Å². The lowest BCUT2D eigenvalue weighted by Crippen LogP contribution is -2.35. The predicted molar refractivity (Wildman–Crippen MR) is 134 cm³/mol. The Morgan fingerprint density at radius 1 is 1.09 bits per heavy atom. The van der Waals surface area contributed by atoms with Gasteiger partial charge in [0.1, 0.15) is 5.75 Å². The van der Waals surface area contributed by atoms with Gasteiger partial charge in [-0.15, -0.1) is 0 Å². The third kappa shape index (κ3) is 7.10. The number of primary amides is 1. The number of nitrogens with two attached hydrogens (primary N) is 1. The minimum atomic E-state index is -0.422. The number of carbonyl (C=O) groups is 1. The molecule has 1 fully saturated rings. The quantitative estimate of drug-likeness (QED) is 0.537. The fraction of sp³-hybridized carbons (Fsp3) is 0.464. The Balaban J connectivity index is 1.60. The van der Waals surface area contributed by atoms with Gasteiger partial charge in [0.15, 0.2) is 0 Å². The summed E-state index contributed by atoms with van der Waals surface area (Å²) in [7, 11) is 1.69. The number of likely N-dealkylation sites (tertiary alicyclic amines) is 1. The van der Waals surface area contributed by atoms with Crippen molar-refractivity contribution < 1.29 is 14.3 Å². The van der Waals surface area contributed by atoms with Crippen LogP contribution in [0.4, 0.5) is 0 Å². The number of methoxy groups -OCH3 is 1. The Bertz CT molecular complexity index is 952. The second-order valence-corrected chi connectivity index (χ2v) is 10.2. The maximum absolute atomic E-state index is 11.3. The number of ether oxygens (including phenoxy) is 2. The van der Waals surface area contributed by atoms with Crippen LogP contribution in [0.25, 0.3) is 11.1 Å². The molecule has 0 aliphatic carbocycles. The highest BCUT2D eigenvalue weighted by Gasteiger charge is 2.23. The maximum atomic E-state index is 11.3. The van der Waals surface area contributed by atoms with E-state index < -0.39 is 5.91 Å². The van der Waals surface area contributed by atoms with Crippen molar-refractivity contribution in [3.8, 4) is 16.9 Å². The van der Waals surface area contributed by atoms with Crippen LogP contribution < -0.4 is 10.5 Å². The molecule has 0 atom stereocenters. The molecule has 0 radical (unpaired) electrons. The second kappa shape index (κ2) is 10.9. The van der Waals surface area contributed by atoms with E-state index in [0.717, 1.165) is 54.8 Å². The fourth-order valence-corrected chi connectivity index (χ4v) is 4.34. The third-order valence-corrected chi connectivity index (χ3v) is 6.13. The molecule has 1 amide bonds. The molecule has 2 aromatic rings. The molecule has 5 heteroatoms. The highest BCUT2D eigenvalue weighted by molar-refractivity contribution is 5.93. The van der Waals surface area contributed by atoms with Gasteiger partial charge in [0.25, 0.3) is 0 Å². The van der Waals surface area contributed by atoms with Crippen molar-refractivity contribution in [2.24, 2.45) is 17.1 Å². The SMILES string of the molecule is C=C(CC(C)(C)C)N1CCC(COc2ccc(-c3ccc(C(N)=O)cc3)cc2COC)CC1. The van der Waals surface area contributed by atoms with Crippen LogP contribution in [-0.4, -0.2) is 37.6 Å². The normalized spacial score (nSPS) is 14.8. The number of piperidine rings is 1. The van der Waals surface area contributed by atoms with Crippen molar-refractivity contribution in [1.29, 1.82) is 0 Å². The zero-order valence-electron chi connectivity index (χ0n) is 20.5. The molecule has 178 valence electrons. The summed E-state index contributed by atoms with van der Waals surface area (Å²) in [5.41, 5.74) is 10.5. The van der Waals surface area contributed by atoms with Gasteiger partial charge in [-0.1, -0.05) is 45.5 Å². The zero-order valence-corrected chi connectivity index (χ0v) is 20.5. The smallest absolute Gasteiger partial charge is 0.248 e. The molecule has 1 aliphatic rings. The summed E-state index contributed by atoms with van der Waals surface area (Å²) in [4.78, 5) is 13.8. The van der Waals surface area contributed by atoms with Crippen LogP contribution in [0.1, 0.15) is 56.0 Å². The number of nitrogens with zero attached hydrogens (tertiary/aromatic N) is 1. The van der Waals surface area contributed by atoms with Gasteiger partial charge >= 0.3 is 0 Å². The highest BCUT2D eigenvalue weighted by atomic mass is 16.5. The molecular weight excluding hydrogens is 412 g/mol. The van der Waals surface area contributed by atoms with Gasteiger partial charge in [0.05, 0.1) is 13.2 Å². The van der Waals surface area contributed by atoms with Crippen molar-refractivity contribution in [2.75, 3.05) is 26.8 Å². The molecule has 0 saturated carbocycles. The minimum Gasteiger partial charge on any atom is -0.493 e. The van der Waals surface area contributed by atoms with Gasteiger partial charge in [-0.3, -0.25) is 4.79 Å². The van der Waals surface area contributed by atoms with Gasteiger partial charge in [-0.2, -0.15) is 0 Å². The van der Waals surface area contributed by atoms with Gasteiger partial charge < -0.3 is 20.1 Å². The van der Waals surface area contributed by atoms with Gasteiger partial charge in [-0.25, -0.2) is 0 Å². The Morgan fingerprint density at radius 3 is 2.30 bits per heavy atom. The summed E-state index contributed by atoms with van der Waals surface area (Å²) in [6.45, 7) is 14.4. The van der Waals surface area contributed by atoms with Crippen molar-refractivity contribution in [1.82, 2.24) is 4.90 Å². The number of amides is 1. The summed E-state index contributed by atoms with van der Waals surface area (Å²) in [6, 6.07) is 13.5. The van der Waals surface area contributed by atoms with Gasteiger partial charge in [0, 0.05) is 37.0 Å². The molecular formula is C28H38N2O3. The number of carbonyl (C=O) groups excluding carboxylic acids is 1. The summed E-state index contributed by atoms with van der Waals surface area (Å²) in [5, 5.41) is 0. The molecule has 0 bridgehead atoms. The van der Waals surface area contributed by atoms with E-state index in [2.05, 4.69) is 38.3 Å². The highest BCUT2D eigenvalue weighted by Crippen LogP contribution is 2.31. The molecule has 5 nitrogen and oxygen atoms in total. The average Bonchev–Trinajstić information content (AvgIpc) is 2.77. The first-order valence-corrected chi connectivity index (χ1v) is 11.7. The first-order chi connectivity index (χ1) is 15.7. The van der Waals surface area contributed by atoms with Crippen LogP contribution in [-0.2, 0) is 11.3 Å². The van der Waals surface area contributed by atoms with Crippen LogP contribution in [0.15, 0.2) is 54.7 Å². The van der Waals surface area contributed by atoms with Crippen LogP contribution in [0.5, 0.6) is 5.75 Å². The molecule has 2 aromatic carbocycles. The lowest BCUT2D eigenvalue weighted by molar-refractivity contribution is 0.100. The summed E-state index contributed by atoms with van der Waals surface area (Å²) < 4.78 is 11.7. The van der Waals surface area contributed by atoms with Crippen LogP contribution >= 0.6 is 0 Å². The Kier molecular flexibility index (Phi) is 8.20. The molecule has 0 unspecified atom stereocenters. The number of hydrogen-bond donors (Lipinski definition) is 1. The average molecular weight is 451 g/mol. The van der Waals surface area contributed by atoms with Crippen molar-refractivity contribution in [2.45, 2.75) is 46.6 Å². The monoisotopic (exact) mass is 450 g/mol. The van der Waals surface area contributed by atoms with Crippen LogP contribution in [0.3, 0.4) is 0 Å². The van der Waals surface area contributed by atoms with E-state index in [1.54, 1.807) is 19.2 Å². The molecule has 1 saturated heterocycles. The Labute approximate surface area is 198 Å². The van der Waals surface area contributed by atoms with E-state index in [0.29, 0.717) is 24.7 Å². The predicted octanol–water partition coefficient (Wildman–Crippen LogP) is 5.64. The van der Waals surface area contributed by atoms with E-state index in [1.165, 1.54) is 5.70 Å². The number of allylic oxidation sites excluding steroid dienone is 1. The van der Waals surface area contributed by atoms with Crippen molar-refractivity contribution >= 4 is 5.91 Å². The third-order valence-electron chi connectivity index (χ3n) is 6.13. The van der Waals surface area contributed by atoms with E-state index in [4.69, 9.17) is 15.2 Å². The zero-order chi connectivity index (χ0) is 24.0. The number of hydrogen-bond acceptors (Lipinski definition) is 4. The van der Waals surface area contributed by atoms with Gasteiger partial charge in [0.2, 0.25) is 5.91 Å². The maximum Gasteiger partial charge on any atom is 0.248 e. The summed E-state index contributed by atoms with van der Waals surface area (Å²) >= 11 is 0. The van der Waals surface area contributed by atoms with Gasteiger partial charge in [-0.05, 0) is 66.0 Å². The molecule has 0 spiro atoms. The minimum absolute atomic E-state index is 0.269. The van der Waals surface area contributed by atoms with E-state index in [1.807, 2.05) is 24.3 Å². The lowest BCUT2D eigenvalue weighted by atomic mass is 9.89. The molecule has 33 heavy (non-hydrogen) atoms. The molecule has 1 heterocycles. The standard InChI is InChI=1S/C28H38N2O3/c1-20(17-28(2,3)4)30-14-12-21(13-15-30)18-33-26-11-10-24(16-25(26)19-32-5)22-6-8-23(9-7-22)27(29)31/h6-11,16,21H,1,12-15,17-19H2,2-5H3,(H2,29,31). The summed E-state index contributed by atoms with van der Waals surface area (Å²) in [6.07, 6.45) is 3.27. The Hall–Kier alpha value is -2.79. The first-order valence-electron chi connectivity index (χ1n) is 11.7. The molecule has 3 rings (SSSR count). The topological polar surface area (TPSA) is 64.8 Å². The largest absolute Gasteiger partial charge is 0.493 e. The lowest BCUT2D eigenvalue weighted by Gasteiger charge is -2.36. The van der Waals surface area contributed by atoms with Crippen LogP contribution in [0, 0.1) is 11.3 Å². The Morgan fingerprint density at radius 2 is 1.73 bits per heavy atom. The summed E-state index contributed by atoms with van der Waals surface area (Å²) in [5.74, 6) is 0.990. The van der Waals surface area contributed by atoms with E-state index in [9.17, 15) is 4.79 Å². The second-order valence-electron chi connectivity index (χ2n) is 10.2. The van der Waals surface area contributed by atoms with Crippen LogP contribution in [0.2, 0.25) is 0 Å². The molecule has 0 aromatic heterocycles. The number of rotatable bonds is 9. The fourth-order valence-electron chi connectivity index (χ4n) is 4.34. The van der Waals surface area contributed by atoms with Crippen molar-refractivity contribution in [3.63, 3.8) is 0 Å². The molecule has 1 aliphatic heterocycles. The van der Waals surface area contributed by atoms with Crippen molar-refractivity contribution in [3.05, 3.63) is 65.9 Å². The van der Waals surface area contributed by atoms with E-state index in [-0.39, 0.29) is 5.41 Å². The first kappa shape index (κ1) is 24.8. The number of benzene rings is 2.